The van der Waals surface area contributed by atoms with Gasteiger partial charge in [-0.15, -0.1) is 0 Å². The van der Waals surface area contributed by atoms with Gasteiger partial charge in [-0.3, -0.25) is 0 Å². The molecule has 0 aliphatic heterocycles. The van der Waals surface area contributed by atoms with Crippen LogP contribution in [0, 0.1) is 0 Å². The molecule has 0 heterocycles. The topological polar surface area (TPSA) is 29.3 Å². The lowest BCUT2D eigenvalue weighted by molar-refractivity contribution is -0.137. The first-order valence-corrected chi connectivity index (χ1v) is 6.98. The van der Waals surface area contributed by atoms with Gasteiger partial charge in [0.15, 0.2) is 0 Å². The third kappa shape index (κ3) is 4.10. The van der Waals surface area contributed by atoms with Crippen LogP contribution in [0.1, 0.15) is 37.8 Å². The fourth-order valence-corrected chi connectivity index (χ4v) is 2.17. The number of alkyl halides is 3. The minimum Gasteiger partial charge on any atom is -0.389 e. The smallest absolute Gasteiger partial charge is 0.389 e. The van der Waals surface area contributed by atoms with E-state index in [-0.39, 0.29) is 10.6 Å². The van der Waals surface area contributed by atoms with Crippen molar-refractivity contribution in [2.45, 2.75) is 32.9 Å². The Balaban J connectivity index is 3.19. The van der Waals surface area contributed by atoms with Gasteiger partial charge in [0.1, 0.15) is 4.99 Å². The number of thiocarbonyl (C=S) groups is 1. The van der Waals surface area contributed by atoms with Crippen LogP contribution in [-0.4, -0.2) is 18.1 Å². The van der Waals surface area contributed by atoms with Crippen molar-refractivity contribution < 1.29 is 13.2 Å². The number of anilines is 1. The van der Waals surface area contributed by atoms with Crippen molar-refractivity contribution in [2.75, 3.05) is 18.0 Å². The number of nitrogens with two attached hydrogens (primary N) is 1. The van der Waals surface area contributed by atoms with Crippen LogP contribution in [0.25, 0.3) is 0 Å². The molecule has 0 saturated heterocycles. The molecule has 1 aromatic rings. The second-order valence-electron chi connectivity index (χ2n) is 4.53. The van der Waals surface area contributed by atoms with Crippen molar-refractivity contribution in [2.24, 2.45) is 5.73 Å². The number of halogens is 3. The molecule has 1 aromatic carbocycles. The third-order valence-electron chi connectivity index (χ3n) is 3.10. The molecule has 0 fully saturated rings. The van der Waals surface area contributed by atoms with E-state index in [1.807, 2.05) is 11.8 Å². The van der Waals surface area contributed by atoms with Crippen LogP contribution in [0.2, 0.25) is 0 Å². The Labute approximate surface area is 122 Å². The van der Waals surface area contributed by atoms with E-state index in [2.05, 4.69) is 6.92 Å². The highest BCUT2D eigenvalue weighted by molar-refractivity contribution is 7.80. The first-order valence-electron chi connectivity index (χ1n) is 6.57. The third-order valence-corrected chi connectivity index (χ3v) is 3.32. The number of nitrogens with zero attached hydrogens (tertiary/aromatic N) is 1. The molecule has 2 nitrogen and oxygen atoms in total. The highest BCUT2D eigenvalue weighted by Crippen LogP contribution is 2.34. The van der Waals surface area contributed by atoms with Crippen LogP contribution in [0.4, 0.5) is 18.9 Å². The molecule has 20 heavy (non-hydrogen) atoms. The molecular weight excluding hydrogens is 285 g/mol. The SMILES string of the molecule is CCCCN(CC)c1ccc(C(F)(F)F)c(C(N)=S)c1. The summed E-state index contributed by atoms with van der Waals surface area (Å²) in [6.45, 7) is 5.56. The van der Waals surface area contributed by atoms with E-state index >= 15 is 0 Å². The second kappa shape index (κ2) is 6.92. The average Bonchev–Trinajstić information content (AvgIpc) is 2.38. The Morgan fingerprint density at radius 3 is 2.40 bits per heavy atom. The molecule has 0 radical (unpaired) electrons. The van der Waals surface area contributed by atoms with Crippen LogP contribution >= 0.6 is 12.2 Å². The fourth-order valence-electron chi connectivity index (χ4n) is 2.00. The molecule has 2 N–H and O–H groups in total. The van der Waals surface area contributed by atoms with Gasteiger partial charge in [0.05, 0.1) is 5.56 Å². The van der Waals surface area contributed by atoms with E-state index < -0.39 is 11.7 Å². The molecule has 0 amide bonds. The lowest BCUT2D eigenvalue weighted by Gasteiger charge is -2.24. The largest absolute Gasteiger partial charge is 0.417 e. The Morgan fingerprint density at radius 1 is 1.30 bits per heavy atom. The molecule has 0 bridgehead atoms. The molecule has 112 valence electrons. The van der Waals surface area contributed by atoms with E-state index in [0.717, 1.165) is 37.7 Å². The summed E-state index contributed by atoms with van der Waals surface area (Å²) in [4.78, 5) is 1.79. The maximum atomic E-state index is 12.9. The monoisotopic (exact) mass is 304 g/mol. The average molecular weight is 304 g/mol. The van der Waals surface area contributed by atoms with E-state index in [1.54, 1.807) is 0 Å². The maximum absolute atomic E-state index is 12.9. The van der Waals surface area contributed by atoms with Crippen molar-refractivity contribution in [1.29, 1.82) is 0 Å². The van der Waals surface area contributed by atoms with Gasteiger partial charge < -0.3 is 10.6 Å². The van der Waals surface area contributed by atoms with Crippen LogP contribution < -0.4 is 10.6 Å². The minimum absolute atomic E-state index is 0.111. The van der Waals surface area contributed by atoms with E-state index in [9.17, 15) is 13.2 Å². The molecule has 0 saturated carbocycles. The number of hydrogen-bond donors (Lipinski definition) is 1. The van der Waals surface area contributed by atoms with Crippen molar-refractivity contribution >= 4 is 22.9 Å². The Morgan fingerprint density at radius 2 is 1.95 bits per heavy atom. The van der Waals surface area contributed by atoms with Crippen LogP contribution in [-0.2, 0) is 6.18 Å². The zero-order chi connectivity index (χ0) is 15.3. The van der Waals surface area contributed by atoms with E-state index in [0.29, 0.717) is 0 Å². The minimum atomic E-state index is -4.45. The second-order valence-corrected chi connectivity index (χ2v) is 4.96. The molecule has 0 spiro atoms. The summed E-state index contributed by atoms with van der Waals surface area (Å²) in [7, 11) is 0. The lowest BCUT2D eigenvalue weighted by Crippen LogP contribution is -2.25. The number of benzene rings is 1. The molecule has 6 heteroatoms. The van der Waals surface area contributed by atoms with E-state index in [1.165, 1.54) is 12.1 Å². The predicted octanol–water partition coefficient (Wildman–Crippen LogP) is 3.97. The predicted molar refractivity (Wildman–Crippen MR) is 80.1 cm³/mol. The van der Waals surface area contributed by atoms with Crippen molar-refractivity contribution in [3.63, 3.8) is 0 Å². The molecule has 0 atom stereocenters. The molecule has 0 aliphatic carbocycles. The van der Waals surface area contributed by atoms with Crippen molar-refractivity contribution in [1.82, 2.24) is 0 Å². The highest BCUT2D eigenvalue weighted by atomic mass is 32.1. The van der Waals surface area contributed by atoms with Crippen molar-refractivity contribution in [3.05, 3.63) is 29.3 Å². The van der Waals surface area contributed by atoms with Crippen LogP contribution in [0.5, 0.6) is 0 Å². The standard InChI is InChI=1S/C14H19F3N2S/c1-3-5-8-19(4-2)10-6-7-12(14(15,16)17)11(9-10)13(18)20/h6-7,9H,3-5,8H2,1-2H3,(H2,18,20). The van der Waals surface area contributed by atoms with Crippen LogP contribution in [0.15, 0.2) is 18.2 Å². The van der Waals surface area contributed by atoms with Gasteiger partial charge in [-0.25, -0.2) is 0 Å². The summed E-state index contributed by atoms with van der Waals surface area (Å²) in [5.41, 5.74) is 5.27. The van der Waals surface area contributed by atoms with Gasteiger partial charge in [0.25, 0.3) is 0 Å². The number of unbranched alkanes of at least 4 members (excludes halogenated alkanes) is 1. The lowest BCUT2D eigenvalue weighted by atomic mass is 10.1. The van der Waals surface area contributed by atoms with Gasteiger partial charge in [-0.05, 0) is 31.5 Å². The Kier molecular flexibility index (Phi) is 5.80. The van der Waals surface area contributed by atoms with Gasteiger partial charge in [-0.1, -0.05) is 25.6 Å². The normalized spacial score (nSPS) is 11.4. The van der Waals surface area contributed by atoms with E-state index in [4.69, 9.17) is 18.0 Å². The number of rotatable bonds is 6. The molecule has 0 aliphatic rings. The van der Waals surface area contributed by atoms with Gasteiger partial charge in [0, 0.05) is 24.3 Å². The van der Waals surface area contributed by atoms with Crippen molar-refractivity contribution in [3.8, 4) is 0 Å². The maximum Gasteiger partial charge on any atom is 0.417 e. The molecular formula is C14H19F3N2S. The van der Waals surface area contributed by atoms with Crippen LogP contribution in [0.3, 0.4) is 0 Å². The van der Waals surface area contributed by atoms with Gasteiger partial charge in [-0.2, -0.15) is 13.2 Å². The summed E-state index contributed by atoms with van der Waals surface area (Å²) in [5.74, 6) is 0. The summed E-state index contributed by atoms with van der Waals surface area (Å²) < 4.78 is 38.7. The summed E-state index contributed by atoms with van der Waals surface area (Å²) in [6.07, 6.45) is -2.44. The quantitative estimate of drug-likeness (QED) is 0.806. The molecule has 0 aromatic heterocycles. The zero-order valence-corrected chi connectivity index (χ0v) is 12.4. The summed E-state index contributed by atoms with van der Waals surface area (Å²) in [5, 5.41) is 0. The Bertz CT molecular complexity index is 472. The molecule has 0 unspecified atom stereocenters. The zero-order valence-electron chi connectivity index (χ0n) is 11.6. The van der Waals surface area contributed by atoms with Gasteiger partial charge >= 0.3 is 6.18 Å². The Hall–Kier alpha value is -1.30. The summed E-state index contributed by atoms with van der Waals surface area (Å²) in [6, 6.07) is 3.96. The number of hydrogen-bond acceptors (Lipinski definition) is 2. The highest BCUT2D eigenvalue weighted by Gasteiger charge is 2.34. The first-order chi connectivity index (χ1) is 9.31. The summed E-state index contributed by atoms with van der Waals surface area (Å²) >= 11 is 4.75. The fraction of sp³-hybridized carbons (Fsp3) is 0.500. The molecule has 1 rings (SSSR count). The van der Waals surface area contributed by atoms with Gasteiger partial charge in [0.2, 0.25) is 0 Å². The first kappa shape index (κ1) is 16.8.